The van der Waals surface area contributed by atoms with Crippen molar-refractivity contribution in [1.29, 1.82) is 0 Å². The zero-order valence-electron chi connectivity index (χ0n) is 12.2. The molecule has 1 heterocycles. The third-order valence-electron chi connectivity index (χ3n) is 3.11. The summed E-state index contributed by atoms with van der Waals surface area (Å²) in [4.78, 5) is 4.67. The van der Waals surface area contributed by atoms with Crippen LogP contribution < -0.4 is 5.73 Å². The topological polar surface area (TPSA) is 43.8 Å². The van der Waals surface area contributed by atoms with E-state index >= 15 is 0 Å². The van der Waals surface area contributed by atoms with Crippen LogP contribution in [-0.4, -0.2) is 9.55 Å². The number of aromatic nitrogens is 2. The molecule has 0 fully saturated rings. The van der Waals surface area contributed by atoms with Gasteiger partial charge in [0.15, 0.2) is 0 Å². The lowest BCUT2D eigenvalue weighted by atomic mass is 9.95. The molecule has 1 aromatic heterocycles. The maximum Gasteiger partial charge on any atom is 0.132 e. The van der Waals surface area contributed by atoms with Crippen molar-refractivity contribution in [3.63, 3.8) is 0 Å². The van der Waals surface area contributed by atoms with Crippen molar-refractivity contribution in [3.05, 3.63) is 48.6 Å². The molecule has 0 unspecified atom stereocenters. The third-order valence-corrected chi connectivity index (χ3v) is 3.11. The number of benzene rings is 1. The maximum atomic E-state index is 13.0. The quantitative estimate of drug-likeness (QED) is 0.865. The van der Waals surface area contributed by atoms with E-state index < -0.39 is 0 Å². The van der Waals surface area contributed by atoms with Gasteiger partial charge >= 0.3 is 0 Å². The first-order chi connectivity index (χ1) is 9.34. The van der Waals surface area contributed by atoms with Crippen molar-refractivity contribution >= 4 is 5.82 Å². The summed E-state index contributed by atoms with van der Waals surface area (Å²) in [6, 6.07) is 6.22. The van der Waals surface area contributed by atoms with Gasteiger partial charge in [-0.05, 0) is 24.3 Å². The number of allylic oxidation sites excluding steroid dienone is 1. The molecule has 1 aromatic carbocycles. The Hall–Kier alpha value is -2.10. The predicted molar refractivity (Wildman–Crippen MR) is 80.9 cm³/mol. The van der Waals surface area contributed by atoms with Crippen LogP contribution in [0, 0.1) is 5.82 Å². The van der Waals surface area contributed by atoms with Gasteiger partial charge in [-0.25, -0.2) is 9.37 Å². The van der Waals surface area contributed by atoms with Crippen molar-refractivity contribution in [2.45, 2.75) is 32.7 Å². The number of imidazole rings is 1. The largest absolute Gasteiger partial charge is 0.383 e. The summed E-state index contributed by atoms with van der Waals surface area (Å²) in [6.07, 6.45) is 1.79. The highest BCUT2D eigenvalue weighted by Gasteiger charge is 2.24. The number of nitrogens with two attached hydrogens (primary N) is 1. The average molecular weight is 273 g/mol. The normalized spacial score (nSPS) is 11.6. The summed E-state index contributed by atoms with van der Waals surface area (Å²) in [5.74, 6) is 1.21. The molecule has 0 aliphatic heterocycles. The van der Waals surface area contributed by atoms with Crippen LogP contribution in [0.4, 0.5) is 10.2 Å². The molecule has 0 aliphatic carbocycles. The van der Waals surface area contributed by atoms with E-state index in [4.69, 9.17) is 5.73 Å². The molecule has 0 saturated heterocycles. The predicted octanol–water partition coefficient (Wildman–Crippen LogP) is 3.75. The lowest BCUT2D eigenvalue weighted by molar-refractivity contribution is 0.515. The molecule has 0 atom stereocenters. The standard InChI is InChI=1S/C16H20FN3/c1-5-10-20-14(18)13(19-15(20)16(2,3)4)11-6-8-12(17)9-7-11/h5-9H,1,10,18H2,2-4H3. The molecular weight excluding hydrogens is 253 g/mol. The highest BCUT2D eigenvalue weighted by molar-refractivity contribution is 5.71. The number of hydrogen-bond acceptors (Lipinski definition) is 2. The van der Waals surface area contributed by atoms with Gasteiger partial charge in [0.1, 0.15) is 23.2 Å². The van der Waals surface area contributed by atoms with Crippen LogP contribution in [0.15, 0.2) is 36.9 Å². The fourth-order valence-corrected chi connectivity index (χ4v) is 2.17. The van der Waals surface area contributed by atoms with E-state index in [9.17, 15) is 4.39 Å². The molecule has 3 nitrogen and oxygen atoms in total. The SMILES string of the molecule is C=CCn1c(C(C)(C)C)nc(-c2ccc(F)cc2)c1N. The van der Waals surface area contributed by atoms with Crippen LogP contribution >= 0.6 is 0 Å². The van der Waals surface area contributed by atoms with Crippen molar-refractivity contribution in [3.8, 4) is 11.3 Å². The highest BCUT2D eigenvalue weighted by Crippen LogP contribution is 2.31. The zero-order valence-corrected chi connectivity index (χ0v) is 12.2. The van der Waals surface area contributed by atoms with E-state index in [0.29, 0.717) is 18.1 Å². The average Bonchev–Trinajstić information content (AvgIpc) is 2.69. The van der Waals surface area contributed by atoms with E-state index in [1.165, 1.54) is 12.1 Å². The third kappa shape index (κ3) is 2.59. The molecule has 0 radical (unpaired) electrons. The number of halogens is 1. The van der Waals surface area contributed by atoms with Gasteiger partial charge in [0.25, 0.3) is 0 Å². The number of hydrogen-bond donors (Lipinski definition) is 1. The molecule has 0 amide bonds. The maximum absolute atomic E-state index is 13.0. The molecule has 0 spiro atoms. The smallest absolute Gasteiger partial charge is 0.132 e. The lowest BCUT2D eigenvalue weighted by Crippen LogP contribution is -2.19. The molecule has 0 saturated carbocycles. The van der Waals surface area contributed by atoms with E-state index in [-0.39, 0.29) is 11.2 Å². The first-order valence-corrected chi connectivity index (χ1v) is 6.58. The summed E-state index contributed by atoms with van der Waals surface area (Å²) < 4.78 is 15.0. The Bertz CT molecular complexity index is 618. The second kappa shape index (κ2) is 5.12. The van der Waals surface area contributed by atoms with Gasteiger partial charge in [-0.15, -0.1) is 6.58 Å². The Morgan fingerprint density at radius 2 is 1.90 bits per heavy atom. The Morgan fingerprint density at radius 1 is 1.30 bits per heavy atom. The monoisotopic (exact) mass is 273 g/mol. The number of nitrogen functional groups attached to an aromatic ring is 1. The fraction of sp³-hybridized carbons (Fsp3) is 0.312. The van der Waals surface area contributed by atoms with Crippen LogP contribution in [0.25, 0.3) is 11.3 Å². The molecule has 2 N–H and O–H groups in total. The Balaban J connectivity index is 2.60. The van der Waals surface area contributed by atoms with Crippen LogP contribution in [0.1, 0.15) is 26.6 Å². The minimum Gasteiger partial charge on any atom is -0.383 e. The Labute approximate surface area is 118 Å². The fourth-order valence-electron chi connectivity index (χ4n) is 2.17. The van der Waals surface area contributed by atoms with E-state index in [1.807, 2.05) is 4.57 Å². The van der Waals surface area contributed by atoms with Crippen LogP contribution in [-0.2, 0) is 12.0 Å². The minimum absolute atomic E-state index is 0.130. The van der Waals surface area contributed by atoms with Crippen LogP contribution in [0.3, 0.4) is 0 Å². The molecule has 2 aromatic rings. The van der Waals surface area contributed by atoms with Gasteiger partial charge in [-0.3, -0.25) is 0 Å². The molecule has 20 heavy (non-hydrogen) atoms. The van der Waals surface area contributed by atoms with Gasteiger partial charge in [0.2, 0.25) is 0 Å². The van der Waals surface area contributed by atoms with Gasteiger partial charge in [0.05, 0.1) is 0 Å². The first kappa shape index (κ1) is 14.3. The van der Waals surface area contributed by atoms with Crippen molar-refractivity contribution in [2.24, 2.45) is 0 Å². The van der Waals surface area contributed by atoms with Gasteiger partial charge < -0.3 is 10.3 Å². The summed E-state index contributed by atoms with van der Waals surface area (Å²) in [5, 5.41) is 0. The molecule has 0 aliphatic rings. The van der Waals surface area contributed by atoms with Crippen molar-refractivity contribution in [2.75, 3.05) is 5.73 Å². The Morgan fingerprint density at radius 3 is 2.40 bits per heavy atom. The summed E-state index contributed by atoms with van der Waals surface area (Å²) in [7, 11) is 0. The lowest BCUT2D eigenvalue weighted by Gasteiger charge is -2.19. The summed E-state index contributed by atoms with van der Waals surface area (Å²) >= 11 is 0. The van der Waals surface area contributed by atoms with E-state index in [1.54, 1.807) is 18.2 Å². The summed E-state index contributed by atoms with van der Waals surface area (Å²) in [6.45, 7) is 10.6. The van der Waals surface area contributed by atoms with E-state index in [2.05, 4.69) is 32.3 Å². The van der Waals surface area contributed by atoms with Gasteiger partial charge in [0, 0.05) is 17.5 Å². The molecule has 2 rings (SSSR count). The molecule has 0 bridgehead atoms. The molecule has 106 valence electrons. The molecule has 4 heteroatoms. The van der Waals surface area contributed by atoms with Crippen molar-refractivity contribution < 1.29 is 4.39 Å². The zero-order chi connectivity index (χ0) is 14.9. The minimum atomic E-state index is -0.270. The number of anilines is 1. The van der Waals surface area contributed by atoms with Crippen LogP contribution in [0.5, 0.6) is 0 Å². The highest BCUT2D eigenvalue weighted by atomic mass is 19.1. The Kier molecular flexibility index (Phi) is 3.66. The van der Waals surface area contributed by atoms with Gasteiger partial charge in [-0.2, -0.15) is 0 Å². The first-order valence-electron chi connectivity index (χ1n) is 6.58. The second-order valence-corrected chi connectivity index (χ2v) is 5.83. The molecular formula is C16H20FN3. The van der Waals surface area contributed by atoms with Gasteiger partial charge in [-0.1, -0.05) is 26.8 Å². The van der Waals surface area contributed by atoms with E-state index in [0.717, 1.165) is 11.4 Å². The number of rotatable bonds is 3. The van der Waals surface area contributed by atoms with Crippen molar-refractivity contribution in [1.82, 2.24) is 9.55 Å². The number of nitrogens with zero attached hydrogens (tertiary/aromatic N) is 2. The second-order valence-electron chi connectivity index (χ2n) is 5.83. The van der Waals surface area contributed by atoms with Crippen LogP contribution in [0.2, 0.25) is 0 Å². The summed E-state index contributed by atoms with van der Waals surface area (Å²) in [5.41, 5.74) is 7.59.